The van der Waals surface area contributed by atoms with Crippen LogP contribution in [0, 0.1) is 11.8 Å². The zero-order chi connectivity index (χ0) is 13.2. The van der Waals surface area contributed by atoms with E-state index in [0.717, 1.165) is 25.8 Å². The Balaban J connectivity index is 0.000000331. The highest BCUT2D eigenvalue weighted by atomic mass is 35.5. The molecule has 0 aliphatic carbocycles. The normalized spacial score (nSPS) is 16.2. The highest BCUT2D eigenvalue weighted by Gasteiger charge is 2.18. The van der Waals surface area contributed by atoms with E-state index < -0.39 is 0 Å². The van der Waals surface area contributed by atoms with E-state index in [2.05, 4.69) is 29.3 Å². The molecule has 0 radical (unpaired) electrons. The number of benzene rings is 1. The molecular formula is C15H21ClN2O. The van der Waals surface area contributed by atoms with Gasteiger partial charge in [-0.3, -0.25) is 4.79 Å². The van der Waals surface area contributed by atoms with Crippen molar-refractivity contribution in [2.45, 2.75) is 32.2 Å². The van der Waals surface area contributed by atoms with E-state index in [4.69, 9.17) is 5.73 Å². The van der Waals surface area contributed by atoms with Gasteiger partial charge in [-0.2, -0.15) is 0 Å². The summed E-state index contributed by atoms with van der Waals surface area (Å²) in [6, 6.07) is 10.2. The van der Waals surface area contributed by atoms with Gasteiger partial charge in [-0.25, -0.2) is 0 Å². The number of carbonyl (C=O) groups excluding carboxylic acids is 1. The largest absolute Gasteiger partial charge is 0.368 e. The molecule has 3 nitrogen and oxygen atoms in total. The minimum Gasteiger partial charge on any atom is -0.368 e. The van der Waals surface area contributed by atoms with Crippen molar-refractivity contribution in [3.63, 3.8) is 0 Å². The fourth-order valence-corrected chi connectivity index (χ4v) is 1.71. The summed E-state index contributed by atoms with van der Waals surface area (Å²) >= 11 is 0. The molecule has 3 N–H and O–H groups in total. The van der Waals surface area contributed by atoms with Gasteiger partial charge in [0.2, 0.25) is 5.91 Å². The van der Waals surface area contributed by atoms with Crippen LogP contribution in [-0.4, -0.2) is 18.5 Å². The van der Waals surface area contributed by atoms with Gasteiger partial charge < -0.3 is 11.1 Å². The standard InChI is InChI=1S/C10H10.C5H10N2O.ClH/c1-2-3-7-10-8-5-4-6-9-10;6-5(8)4-2-1-3-7-4;/h4-6,8-9H,7H2,1H3;4,7H,1-3H2,(H2,6,8);1H/t;4-;/m.0./s1. The van der Waals surface area contributed by atoms with E-state index >= 15 is 0 Å². The lowest BCUT2D eigenvalue weighted by molar-refractivity contribution is -0.119. The summed E-state index contributed by atoms with van der Waals surface area (Å²) in [7, 11) is 0. The van der Waals surface area contributed by atoms with Crippen molar-refractivity contribution in [3.8, 4) is 11.8 Å². The minimum absolute atomic E-state index is 0. The molecule has 1 aliphatic heterocycles. The van der Waals surface area contributed by atoms with Gasteiger partial charge in [-0.15, -0.1) is 18.3 Å². The molecule has 0 saturated carbocycles. The van der Waals surface area contributed by atoms with Gasteiger partial charge in [-0.1, -0.05) is 36.3 Å². The van der Waals surface area contributed by atoms with E-state index in [1.807, 2.05) is 25.1 Å². The fraction of sp³-hybridized carbons (Fsp3) is 0.400. The van der Waals surface area contributed by atoms with E-state index in [1.54, 1.807) is 0 Å². The number of primary amides is 1. The number of amides is 1. The molecule has 1 aliphatic rings. The molecule has 1 atom stereocenters. The highest BCUT2D eigenvalue weighted by Crippen LogP contribution is 2.02. The lowest BCUT2D eigenvalue weighted by Gasteiger charge is -2.01. The topological polar surface area (TPSA) is 55.1 Å². The summed E-state index contributed by atoms with van der Waals surface area (Å²) in [4.78, 5) is 10.4. The van der Waals surface area contributed by atoms with Crippen molar-refractivity contribution in [2.24, 2.45) is 5.73 Å². The van der Waals surface area contributed by atoms with E-state index in [1.165, 1.54) is 5.56 Å². The number of halogens is 1. The van der Waals surface area contributed by atoms with Crippen LogP contribution in [0.5, 0.6) is 0 Å². The van der Waals surface area contributed by atoms with Crippen molar-refractivity contribution >= 4 is 18.3 Å². The molecule has 1 fully saturated rings. The summed E-state index contributed by atoms with van der Waals surface area (Å²) in [6.07, 6.45) is 2.86. The quantitative estimate of drug-likeness (QED) is 0.813. The Kier molecular flexibility index (Phi) is 9.60. The maximum Gasteiger partial charge on any atom is 0.234 e. The van der Waals surface area contributed by atoms with Gasteiger partial charge in [-0.05, 0) is 31.9 Å². The molecule has 1 amide bonds. The smallest absolute Gasteiger partial charge is 0.234 e. The van der Waals surface area contributed by atoms with Crippen LogP contribution >= 0.6 is 12.4 Å². The fourth-order valence-electron chi connectivity index (χ4n) is 1.71. The molecule has 0 spiro atoms. The molecule has 19 heavy (non-hydrogen) atoms. The monoisotopic (exact) mass is 280 g/mol. The number of hydrogen-bond acceptors (Lipinski definition) is 2. The first-order valence-corrected chi connectivity index (χ1v) is 6.20. The predicted molar refractivity (Wildman–Crippen MR) is 81.1 cm³/mol. The second-order valence-electron chi connectivity index (χ2n) is 4.14. The highest BCUT2D eigenvalue weighted by molar-refractivity contribution is 5.85. The average molecular weight is 281 g/mol. The predicted octanol–water partition coefficient (Wildman–Crippen LogP) is 1.90. The Morgan fingerprint density at radius 1 is 1.42 bits per heavy atom. The molecule has 4 heteroatoms. The Hall–Kier alpha value is -1.50. The molecule has 0 bridgehead atoms. The molecule has 0 unspecified atom stereocenters. The first kappa shape index (κ1) is 17.5. The van der Waals surface area contributed by atoms with Crippen molar-refractivity contribution in [3.05, 3.63) is 35.9 Å². The summed E-state index contributed by atoms with van der Waals surface area (Å²) in [5.41, 5.74) is 6.29. The molecule has 0 aromatic heterocycles. The molecular weight excluding hydrogens is 260 g/mol. The average Bonchev–Trinajstić information content (AvgIpc) is 2.92. The Morgan fingerprint density at radius 2 is 2.11 bits per heavy atom. The van der Waals surface area contributed by atoms with Crippen molar-refractivity contribution in [2.75, 3.05) is 6.54 Å². The van der Waals surface area contributed by atoms with E-state index in [0.29, 0.717) is 0 Å². The minimum atomic E-state index is -0.220. The van der Waals surface area contributed by atoms with Crippen LogP contribution in [0.4, 0.5) is 0 Å². The lowest BCUT2D eigenvalue weighted by Crippen LogP contribution is -2.36. The first-order chi connectivity index (χ1) is 8.74. The van der Waals surface area contributed by atoms with Gasteiger partial charge in [0.05, 0.1) is 6.04 Å². The second kappa shape index (κ2) is 10.4. The zero-order valence-electron chi connectivity index (χ0n) is 11.2. The van der Waals surface area contributed by atoms with Gasteiger partial charge >= 0.3 is 0 Å². The number of rotatable bonds is 2. The van der Waals surface area contributed by atoms with Gasteiger partial charge in [0.15, 0.2) is 0 Å². The third-order valence-corrected chi connectivity index (χ3v) is 2.72. The van der Waals surface area contributed by atoms with Gasteiger partial charge in [0.25, 0.3) is 0 Å². The van der Waals surface area contributed by atoms with Crippen LogP contribution < -0.4 is 11.1 Å². The number of carbonyl (C=O) groups is 1. The number of hydrogen-bond donors (Lipinski definition) is 2. The van der Waals surface area contributed by atoms with Gasteiger partial charge in [0.1, 0.15) is 0 Å². The first-order valence-electron chi connectivity index (χ1n) is 6.20. The second-order valence-corrected chi connectivity index (χ2v) is 4.14. The zero-order valence-corrected chi connectivity index (χ0v) is 12.0. The van der Waals surface area contributed by atoms with Crippen molar-refractivity contribution in [1.82, 2.24) is 5.32 Å². The summed E-state index contributed by atoms with van der Waals surface area (Å²) in [5.74, 6) is 5.66. The molecule has 1 heterocycles. The summed E-state index contributed by atoms with van der Waals surface area (Å²) < 4.78 is 0. The maximum absolute atomic E-state index is 10.4. The van der Waals surface area contributed by atoms with Crippen LogP contribution in [0.1, 0.15) is 25.3 Å². The summed E-state index contributed by atoms with van der Waals surface area (Å²) in [5, 5.41) is 2.98. The van der Waals surface area contributed by atoms with Crippen LogP contribution in [0.2, 0.25) is 0 Å². The Labute approximate surface area is 121 Å². The SMILES string of the molecule is CC#CCc1ccccc1.Cl.NC(=O)[C@@H]1CCCN1. The van der Waals surface area contributed by atoms with Crippen molar-refractivity contribution in [1.29, 1.82) is 0 Å². The number of nitrogens with one attached hydrogen (secondary N) is 1. The van der Waals surface area contributed by atoms with E-state index in [9.17, 15) is 4.79 Å². The molecule has 1 saturated heterocycles. The third-order valence-electron chi connectivity index (χ3n) is 2.72. The van der Waals surface area contributed by atoms with Crippen molar-refractivity contribution < 1.29 is 4.79 Å². The summed E-state index contributed by atoms with van der Waals surface area (Å²) in [6.45, 7) is 2.80. The lowest BCUT2D eigenvalue weighted by atomic mass is 10.2. The molecule has 1 aromatic rings. The Morgan fingerprint density at radius 3 is 2.53 bits per heavy atom. The molecule has 2 rings (SSSR count). The molecule has 1 aromatic carbocycles. The van der Waals surface area contributed by atoms with Crippen LogP contribution in [0.3, 0.4) is 0 Å². The number of nitrogens with two attached hydrogens (primary N) is 1. The molecule has 104 valence electrons. The third kappa shape index (κ3) is 7.50. The maximum atomic E-state index is 10.4. The van der Waals surface area contributed by atoms with E-state index in [-0.39, 0.29) is 24.4 Å². The van der Waals surface area contributed by atoms with Gasteiger partial charge in [0, 0.05) is 6.42 Å². The van der Waals surface area contributed by atoms with Crippen LogP contribution in [0.15, 0.2) is 30.3 Å². The van der Waals surface area contributed by atoms with Crippen LogP contribution in [0.25, 0.3) is 0 Å². The Bertz CT molecular complexity index is 417. The van der Waals surface area contributed by atoms with Crippen LogP contribution in [-0.2, 0) is 11.2 Å².